The highest BCUT2D eigenvalue weighted by Gasteiger charge is 2.23. The minimum Gasteiger partial charge on any atom is -0.377 e. The highest BCUT2D eigenvalue weighted by Crippen LogP contribution is 2.30. The molecule has 2 aromatic heterocycles. The molecule has 0 unspecified atom stereocenters. The molecule has 6 nitrogen and oxygen atoms in total. The fourth-order valence-electron chi connectivity index (χ4n) is 1.85. The van der Waals surface area contributed by atoms with Gasteiger partial charge in [0.25, 0.3) is 5.56 Å². The van der Waals surface area contributed by atoms with Gasteiger partial charge in [-0.15, -0.1) is 0 Å². The van der Waals surface area contributed by atoms with Crippen LogP contribution in [0.5, 0.6) is 0 Å². The average molecular weight is 357 g/mol. The van der Waals surface area contributed by atoms with Gasteiger partial charge in [-0.2, -0.15) is 5.10 Å². The van der Waals surface area contributed by atoms with E-state index in [4.69, 9.17) is 0 Å². The molecule has 1 fully saturated rings. The van der Waals surface area contributed by atoms with E-state index in [9.17, 15) is 9.59 Å². The Morgan fingerprint density at radius 1 is 1.50 bits per heavy atom. The van der Waals surface area contributed by atoms with Gasteiger partial charge in [-0.25, -0.2) is 4.68 Å². The smallest absolute Gasteiger partial charge is 0.304 e. The van der Waals surface area contributed by atoms with Crippen LogP contribution in [0.4, 0.5) is 5.69 Å². The van der Waals surface area contributed by atoms with Crippen LogP contribution in [0.25, 0.3) is 0 Å². The van der Waals surface area contributed by atoms with Gasteiger partial charge in [0.15, 0.2) is 0 Å². The van der Waals surface area contributed by atoms with Gasteiger partial charge < -0.3 is 10.3 Å². The van der Waals surface area contributed by atoms with Gasteiger partial charge in [0, 0.05) is 17.6 Å². The second-order valence-corrected chi connectivity index (χ2v) is 6.47. The molecule has 106 valence electrons. The quantitative estimate of drug-likeness (QED) is 0.855. The van der Waals surface area contributed by atoms with Crippen molar-refractivity contribution in [2.24, 2.45) is 5.92 Å². The second-order valence-electron chi connectivity index (χ2n) is 4.83. The molecule has 0 radical (unpaired) electrons. The molecule has 0 aromatic carbocycles. The van der Waals surface area contributed by atoms with E-state index >= 15 is 0 Å². The molecule has 0 bridgehead atoms. The van der Waals surface area contributed by atoms with Crippen molar-refractivity contribution in [3.05, 3.63) is 41.8 Å². The Balaban J connectivity index is 1.74. The van der Waals surface area contributed by atoms with E-state index in [1.807, 2.05) is 0 Å². The average Bonchev–Trinajstić information content (AvgIpc) is 3.15. The molecular weight excluding hydrogens is 344 g/mol. The Morgan fingerprint density at radius 2 is 2.30 bits per heavy atom. The lowest BCUT2D eigenvalue weighted by atomic mass is 10.4. The van der Waals surface area contributed by atoms with Gasteiger partial charge in [0.2, 0.25) is 0 Å². The number of aromatic amines is 1. The molecule has 1 aliphatic rings. The van der Waals surface area contributed by atoms with Crippen molar-refractivity contribution in [3.63, 3.8) is 0 Å². The third-order valence-electron chi connectivity index (χ3n) is 3.15. The molecule has 2 N–H and O–H groups in total. The van der Waals surface area contributed by atoms with Gasteiger partial charge in [-0.1, -0.05) is 11.3 Å². The number of halogens is 1. The maximum atomic E-state index is 12.1. The van der Waals surface area contributed by atoms with Crippen LogP contribution in [-0.2, 0) is 13.1 Å². The van der Waals surface area contributed by atoms with Crippen LogP contribution >= 0.6 is 27.3 Å². The Hall–Kier alpha value is -1.41. The summed E-state index contributed by atoms with van der Waals surface area (Å²) in [6.07, 6.45) is 3.99. The van der Waals surface area contributed by atoms with E-state index in [2.05, 4.69) is 31.3 Å². The normalized spacial score (nSPS) is 14.4. The van der Waals surface area contributed by atoms with Crippen molar-refractivity contribution in [3.8, 4) is 0 Å². The summed E-state index contributed by atoms with van der Waals surface area (Å²) in [7, 11) is 0. The van der Waals surface area contributed by atoms with Gasteiger partial charge in [-0.05, 0) is 34.7 Å². The van der Waals surface area contributed by atoms with Crippen molar-refractivity contribution < 1.29 is 0 Å². The predicted octanol–water partition coefficient (Wildman–Crippen LogP) is 1.78. The van der Waals surface area contributed by atoms with E-state index in [1.54, 1.807) is 11.6 Å². The van der Waals surface area contributed by atoms with Crippen molar-refractivity contribution in [2.75, 3.05) is 5.32 Å². The number of hydrogen-bond donors (Lipinski definition) is 2. The van der Waals surface area contributed by atoms with Crippen LogP contribution in [0.3, 0.4) is 0 Å². The topological polar surface area (TPSA) is 79.8 Å². The number of anilines is 1. The van der Waals surface area contributed by atoms with Gasteiger partial charge in [-0.3, -0.25) is 9.59 Å². The van der Waals surface area contributed by atoms with Crippen LogP contribution in [-0.4, -0.2) is 14.8 Å². The number of aromatic nitrogens is 3. The van der Waals surface area contributed by atoms with Gasteiger partial charge in [0.1, 0.15) is 4.47 Å². The van der Waals surface area contributed by atoms with Gasteiger partial charge >= 0.3 is 4.87 Å². The molecule has 1 saturated carbocycles. The fourth-order valence-corrected chi connectivity index (χ4v) is 2.88. The standard InChI is InChI=1S/C12H13BrN4O2S/c13-10-9(14-3-8-6-20-12(19)16-8)4-15-17(11(10)18)5-7-1-2-7/h4,6-7,14H,1-3,5H2,(H,16,19). The summed E-state index contributed by atoms with van der Waals surface area (Å²) in [4.78, 5) is 25.8. The monoisotopic (exact) mass is 356 g/mol. The van der Waals surface area contributed by atoms with Crippen LogP contribution in [0.2, 0.25) is 0 Å². The zero-order valence-electron chi connectivity index (χ0n) is 10.6. The van der Waals surface area contributed by atoms with E-state index in [0.29, 0.717) is 29.2 Å². The molecule has 0 spiro atoms. The number of thiazole rings is 1. The van der Waals surface area contributed by atoms with E-state index < -0.39 is 0 Å². The number of H-pyrrole nitrogens is 1. The fraction of sp³-hybridized carbons (Fsp3) is 0.417. The first-order valence-electron chi connectivity index (χ1n) is 6.29. The Bertz CT molecular complexity index is 732. The Labute approximate surface area is 127 Å². The lowest BCUT2D eigenvalue weighted by Gasteiger charge is -2.09. The maximum Gasteiger partial charge on any atom is 0.304 e. The number of rotatable bonds is 5. The van der Waals surface area contributed by atoms with Crippen LogP contribution < -0.4 is 15.7 Å². The summed E-state index contributed by atoms with van der Waals surface area (Å²) >= 11 is 4.43. The molecular formula is C12H13BrN4O2S. The molecule has 2 heterocycles. The predicted molar refractivity (Wildman–Crippen MR) is 81.2 cm³/mol. The summed E-state index contributed by atoms with van der Waals surface area (Å²) in [6, 6.07) is 0. The first-order valence-corrected chi connectivity index (χ1v) is 7.97. The van der Waals surface area contributed by atoms with Crippen LogP contribution in [0.15, 0.2) is 25.6 Å². The van der Waals surface area contributed by atoms with Crippen LogP contribution in [0, 0.1) is 5.92 Å². The van der Waals surface area contributed by atoms with Crippen molar-refractivity contribution in [2.45, 2.75) is 25.9 Å². The molecule has 2 aromatic rings. The highest BCUT2D eigenvalue weighted by molar-refractivity contribution is 9.10. The lowest BCUT2D eigenvalue weighted by molar-refractivity contribution is 0.532. The molecule has 0 atom stereocenters. The van der Waals surface area contributed by atoms with E-state index in [1.165, 1.54) is 17.5 Å². The minimum absolute atomic E-state index is 0.0844. The summed E-state index contributed by atoms with van der Waals surface area (Å²) < 4.78 is 1.98. The molecule has 3 rings (SSSR count). The second kappa shape index (κ2) is 5.53. The molecule has 8 heteroatoms. The SMILES string of the molecule is O=c1[nH]c(CNc2cnn(CC3CC3)c(=O)c2Br)cs1. The summed E-state index contributed by atoms with van der Waals surface area (Å²) in [5.74, 6) is 0.599. The molecule has 1 aliphatic carbocycles. The first-order chi connectivity index (χ1) is 9.63. The van der Waals surface area contributed by atoms with Crippen LogP contribution in [0.1, 0.15) is 18.5 Å². The Morgan fingerprint density at radius 3 is 2.95 bits per heavy atom. The molecule has 20 heavy (non-hydrogen) atoms. The number of nitrogens with zero attached hydrogens (tertiary/aromatic N) is 2. The van der Waals surface area contributed by atoms with E-state index in [0.717, 1.165) is 17.0 Å². The Kier molecular flexibility index (Phi) is 3.75. The summed E-state index contributed by atoms with van der Waals surface area (Å²) in [5, 5.41) is 9.03. The maximum absolute atomic E-state index is 12.1. The number of hydrogen-bond acceptors (Lipinski definition) is 5. The van der Waals surface area contributed by atoms with Gasteiger partial charge in [0.05, 0.1) is 18.4 Å². The first kappa shape index (κ1) is 13.6. The highest BCUT2D eigenvalue weighted by atomic mass is 79.9. The minimum atomic E-state index is -0.124. The largest absolute Gasteiger partial charge is 0.377 e. The van der Waals surface area contributed by atoms with Crippen molar-refractivity contribution in [1.29, 1.82) is 0 Å². The zero-order chi connectivity index (χ0) is 14.1. The zero-order valence-corrected chi connectivity index (χ0v) is 13.0. The van der Waals surface area contributed by atoms with Crippen molar-refractivity contribution in [1.82, 2.24) is 14.8 Å². The molecule has 0 amide bonds. The third kappa shape index (κ3) is 3.01. The number of nitrogens with one attached hydrogen (secondary N) is 2. The van der Waals surface area contributed by atoms with Crippen molar-refractivity contribution >= 4 is 33.0 Å². The van der Waals surface area contributed by atoms with E-state index in [-0.39, 0.29) is 10.4 Å². The summed E-state index contributed by atoms with van der Waals surface area (Å²) in [5.41, 5.74) is 1.30. The molecule has 0 saturated heterocycles. The third-order valence-corrected chi connectivity index (χ3v) is 4.64. The lowest BCUT2D eigenvalue weighted by Crippen LogP contribution is -2.25. The molecule has 0 aliphatic heterocycles. The summed E-state index contributed by atoms with van der Waals surface area (Å²) in [6.45, 7) is 1.14.